The Morgan fingerprint density at radius 3 is 2.32 bits per heavy atom. The van der Waals surface area contributed by atoms with Crippen molar-refractivity contribution in [2.45, 2.75) is 102 Å². The summed E-state index contributed by atoms with van der Waals surface area (Å²) in [4.78, 5) is 21.6. The highest BCUT2D eigenvalue weighted by Crippen LogP contribution is 2.59. The highest BCUT2D eigenvalue weighted by molar-refractivity contribution is 7.61. The van der Waals surface area contributed by atoms with Gasteiger partial charge in [0.05, 0.1) is 24.2 Å². The summed E-state index contributed by atoms with van der Waals surface area (Å²) < 4.78 is 26.9. The Hall–Kier alpha value is -1.53. The molecular formula is C30H42N3O4P. The van der Waals surface area contributed by atoms with Crippen LogP contribution in [0.4, 0.5) is 0 Å². The van der Waals surface area contributed by atoms with Gasteiger partial charge in [0.1, 0.15) is 0 Å². The van der Waals surface area contributed by atoms with Gasteiger partial charge < -0.3 is 13.6 Å². The molecule has 3 heterocycles. The van der Waals surface area contributed by atoms with Crippen LogP contribution in [-0.2, 0) is 13.6 Å². The maximum absolute atomic E-state index is 14.1. The van der Waals surface area contributed by atoms with Crippen LogP contribution in [-0.4, -0.2) is 45.8 Å². The zero-order chi connectivity index (χ0) is 26.0. The maximum atomic E-state index is 14.1. The fraction of sp³-hybridized carbons (Fsp3) is 0.733. The van der Waals surface area contributed by atoms with E-state index in [4.69, 9.17) is 9.05 Å². The van der Waals surface area contributed by atoms with E-state index in [1.165, 1.54) is 51.4 Å². The molecule has 0 radical (unpaired) electrons. The van der Waals surface area contributed by atoms with Gasteiger partial charge in [0.15, 0.2) is 0 Å². The Morgan fingerprint density at radius 1 is 0.868 bits per heavy atom. The van der Waals surface area contributed by atoms with Crippen LogP contribution in [0.3, 0.4) is 0 Å². The second-order valence-electron chi connectivity index (χ2n) is 12.6. The molecule has 5 aliphatic rings. The van der Waals surface area contributed by atoms with Gasteiger partial charge in [-0.15, -0.1) is 0 Å². The zero-order valence-electron chi connectivity index (χ0n) is 22.8. The molecule has 3 aliphatic carbocycles. The second kappa shape index (κ2) is 9.83. The number of aromatic nitrogens is 2. The lowest BCUT2D eigenvalue weighted by atomic mass is 9.64. The molecule has 1 aromatic carbocycles. The highest BCUT2D eigenvalue weighted by atomic mass is 31.2. The Labute approximate surface area is 225 Å². The first-order chi connectivity index (χ1) is 18.5. The summed E-state index contributed by atoms with van der Waals surface area (Å²) in [5, 5.41) is 0. The molecule has 0 amide bonds. The van der Waals surface area contributed by atoms with Crippen molar-refractivity contribution >= 4 is 24.1 Å². The van der Waals surface area contributed by atoms with Gasteiger partial charge in [-0.25, -0.2) is 4.98 Å². The van der Waals surface area contributed by atoms with Crippen LogP contribution in [0.1, 0.15) is 84.1 Å². The number of benzene rings is 1. The van der Waals surface area contributed by atoms with Crippen LogP contribution in [0, 0.1) is 23.7 Å². The van der Waals surface area contributed by atoms with Gasteiger partial charge in [0.25, 0.3) is 5.56 Å². The van der Waals surface area contributed by atoms with Crippen LogP contribution in [0.15, 0.2) is 29.1 Å². The van der Waals surface area contributed by atoms with Gasteiger partial charge in [0, 0.05) is 24.2 Å². The molecule has 2 aromatic rings. The van der Waals surface area contributed by atoms with Gasteiger partial charge in [-0.2, -0.15) is 0 Å². The standard InChI is InChI=1S/C30H42N3O4P/c1-3-36-38(35,37-4-2)29-30(34)33(28-11-6-5-10-27(28)31-29)25-17-22-8-7-9-23(18-25)32(22)24-13-19-12-20-15-21(16-24)26(20)14-19/h5-6,10-11,19-26H,3-4,7-9,12-18H2,1-2H3. The molecule has 8 heteroatoms. The Morgan fingerprint density at radius 2 is 1.58 bits per heavy atom. The van der Waals surface area contributed by atoms with Crippen molar-refractivity contribution in [2.75, 3.05) is 13.2 Å². The summed E-state index contributed by atoms with van der Waals surface area (Å²) in [6.07, 6.45) is 12.9. The van der Waals surface area contributed by atoms with E-state index in [9.17, 15) is 9.36 Å². The minimum atomic E-state index is -3.82. The molecule has 7 rings (SSSR count). The Kier molecular flexibility index (Phi) is 6.58. The molecule has 0 spiro atoms. The summed E-state index contributed by atoms with van der Waals surface area (Å²) in [5.74, 6) is 3.95. The van der Waals surface area contributed by atoms with Crippen molar-refractivity contribution in [2.24, 2.45) is 23.7 Å². The third kappa shape index (κ3) is 4.06. The van der Waals surface area contributed by atoms with Crippen LogP contribution in [0.5, 0.6) is 0 Å². The van der Waals surface area contributed by atoms with Gasteiger partial charge >= 0.3 is 7.60 Å². The number of para-hydroxylation sites is 2. The van der Waals surface area contributed by atoms with E-state index >= 15 is 0 Å². The zero-order valence-corrected chi connectivity index (χ0v) is 23.7. The number of fused-ring (bicyclic) bond motifs is 4. The van der Waals surface area contributed by atoms with E-state index in [2.05, 4.69) is 9.88 Å². The Balaban J connectivity index is 1.25. The first kappa shape index (κ1) is 25.4. The lowest BCUT2D eigenvalue weighted by Gasteiger charge is -2.54. The van der Waals surface area contributed by atoms with Gasteiger partial charge in [-0.1, -0.05) is 18.6 Å². The van der Waals surface area contributed by atoms with Gasteiger partial charge in [-0.3, -0.25) is 14.3 Å². The third-order valence-corrected chi connectivity index (χ3v) is 12.7. The van der Waals surface area contributed by atoms with Gasteiger partial charge in [0.2, 0.25) is 5.44 Å². The number of hydrogen-bond donors (Lipinski definition) is 0. The number of rotatable bonds is 7. The van der Waals surface area contributed by atoms with Crippen LogP contribution < -0.4 is 11.0 Å². The molecule has 1 aromatic heterocycles. The van der Waals surface area contributed by atoms with Crippen molar-refractivity contribution in [1.29, 1.82) is 0 Å². The third-order valence-electron chi connectivity index (χ3n) is 10.7. The van der Waals surface area contributed by atoms with Crippen molar-refractivity contribution in [3.8, 4) is 0 Å². The molecule has 38 heavy (non-hydrogen) atoms. The molecule has 2 saturated heterocycles. The highest BCUT2D eigenvalue weighted by Gasteiger charge is 2.53. The summed E-state index contributed by atoms with van der Waals surface area (Å²) in [6.45, 7) is 3.92. The number of piperidine rings is 2. The first-order valence-corrected chi connectivity index (χ1v) is 16.7. The molecule has 7 atom stereocenters. The van der Waals surface area contributed by atoms with E-state index in [1.807, 2.05) is 28.8 Å². The molecule has 2 aliphatic heterocycles. The molecule has 5 fully saturated rings. The van der Waals surface area contributed by atoms with Crippen molar-refractivity contribution in [3.05, 3.63) is 34.6 Å². The lowest BCUT2D eigenvalue weighted by molar-refractivity contribution is -0.0437. The summed E-state index contributed by atoms with van der Waals surface area (Å²) in [6, 6.07) is 9.57. The molecule has 0 N–H and O–H groups in total. The second-order valence-corrected chi connectivity index (χ2v) is 14.6. The minimum absolute atomic E-state index is 0.0627. The minimum Gasteiger partial charge on any atom is -0.304 e. The largest absolute Gasteiger partial charge is 0.385 e. The SMILES string of the molecule is CCOP(=O)(OCC)c1nc2ccccc2n(C2CC3CCCC(C2)N3C2CC3CC4CC(C2)C4C3)c1=O. The van der Waals surface area contributed by atoms with E-state index in [1.54, 1.807) is 13.8 Å². The smallest absolute Gasteiger partial charge is 0.304 e. The first-order valence-electron chi connectivity index (χ1n) is 15.2. The number of nitrogens with zero attached hydrogens (tertiary/aromatic N) is 3. The average molecular weight is 540 g/mol. The molecule has 3 saturated carbocycles. The number of hydrogen-bond acceptors (Lipinski definition) is 6. The summed E-state index contributed by atoms with van der Waals surface area (Å²) >= 11 is 0. The van der Waals surface area contributed by atoms with E-state index in [0.717, 1.165) is 42.0 Å². The van der Waals surface area contributed by atoms with E-state index < -0.39 is 7.60 Å². The normalized spacial score (nSPS) is 36.7. The van der Waals surface area contributed by atoms with E-state index in [0.29, 0.717) is 23.6 Å². The van der Waals surface area contributed by atoms with Crippen LogP contribution in [0.25, 0.3) is 11.0 Å². The van der Waals surface area contributed by atoms with Crippen LogP contribution in [0.2, 0.25) is 0 Å². The maximum Gasteiger partial charge on any atom is 0.385 e. The van der Waals surface area contributed by atoms with Gasteiger partial charge in [-0.05, 0) is 107 Å². The fourth-order valence-electron chi connectivity index (χ4n) is 9.41. The van der Waals surface area contributed by atoms with E-state index in [-0.39, 0.29) is 30.2 Å². The molecule has 7 nitrogen and oxygen atoms in total. The molecule has 7 unspecified atom stereocenters. The quantitative estimate of drug-likeness (QED) is 0.422. The topological polar surface area (TPSA) is 73.7 Å². The molecular weight excluding hydrogens is 497 g/mol. The lowest BCUT2D eigenvalue weighted by Crippen LogP contribution is -2.58. The van der Waals surface area contributed by atoms with Crippen LogP contribution >= 0.6 is 7.60 Å². The van der Waals surface area contributed by atoms with Crippen molar-refractivity contribution < 1.29 is 13.6 Å². The fourth-order valence-corrected chi connectivity index (χ4v) is 11.0. The summed E-state index contributed by atoms with van der Waals surface area (Å²) in [5.41, 5.74) is 1.13. The van der Waals surface area contributed by atoms with Crippen molar-refractivity contribution in [1.82, 2.24) is 14.5 Å². The average Bonchev–Trinajstić information content (AvgIpc) is 3.11. The molecule has 206 valence electrons. The predicted octanol–water partition coefficient (Wildman–Crippen LogP) is 5.67. The Bertz CT molecular complexity index is 1280. The van der Waals surface area contributed by atoms with Crippen molar-refractivity contribution in [3.63, 3.8) is 0 Å². The monoisotopic (exact) mass is 539 g/mol. The molecule has 4 bridgehead atoms. The summed E-state index contributed by atoms with van der Waals surface area (Å²) in [7, 11) is -3.82. The predicted molar refractivity (Wildman–Crippen MR) is 149 cm³/mol.